The lowest BCUT2D eigenvalue weighted by Crippen LogP contribution is -2.66. The van der Waals surface area contributed by atoms with E-state index in [-0.39, 0.29) is 23.3 Å². The highest BCUT2D eigenvalue weighted by molar-refractivity contribution is 7.98. The molecule has 2 amide bonds. The van der Waals surface area contributed by atoms with E-state index in [1.807, 2.05) is 20.8 Å². The molecular formula is C13H24N2O2S. The monoisotopic (exact) mass is 272 g/mol. The van der Waals surface area contributed by atoms with E-state index in [9.17, 15) is 9.59 Å². The topological polar surface area (TPSA) is 49.4 Å². The van der Waals surface area contributed by atoms with Gasteiger partial charge in [0, 0.05) is 6.54 Å². The molecule has 1 saturated heterocycles. The number of hydrogen-bond acceptors (Lipinski definition) is 3. The van der Waals surface area contributed by atoms with Crippen LogP contribution in [0.25, 0.3) is 0 Å². The molecule has 1 rings (SSSR count). The van der Waals surface area contributed by atoms with E-state index in [4.69, 9.17) is 0 Å². The molecule has 1 N–H and O–H groups in total. The fourth-order valence-corrected chi connectivity index (χ4v) is 2.77. The van der Waals surface area contributed by atoms with Crippen LogP contribution in [-0.4, -0.2) is 47.4 Å². The Kier molecular flexibility index (Phi) is 5.08. The molecule has 0 radical (unpaired) electrons. The fourth-order valence-electron chi connectivity index (χ4n) is 2.35. The zero-order chi connectivity index (χ0) is 13.9. The fraction of sp³-hybridized carbons (Fsp3) is 0.846. The predicted octanol–water partition coefficient (Wildman–Crippen LogP) is 1.50. The quantitative estimate of drug-likeness (QED) is 0.789. The van der Waals surface area contributed by atoms with Crippen molar-refractivity contribution in [1.29, 1.82) is 0 Å². The Morgan fingerprint density at radius 3 is 2.44 bits per heavy atom. The summed E-state index contributed by atoms with van der Waals surface area (Å²) in [6, 6.07) is -0.756. The van der Waals surface area contributed by atoms with Crippen LogP contribution in [-0.2, 0) is 9.59 Å². The molecule has 0 aromatic heterocycles. The molecule has 0 bridgehead atoms. The van der Waals surface area contributed by atoms with Crippen LogP contribution in [0.1, 0.15) is 34.1 Å². The number of thioether (sulfide) groups is 1. The zero-order valence-corrected chi connectivity index (χ0v) is 12.8. The average Bonchev–Trinajstić information content (AvgIpc) is 2.23. The van der Waals surface area contributed by atoms with Gasteiger partial charge in [0.05, 0.1) is 0 Å². The third-order valence-corrected chi connectivity index (χ3v) is 3.84. The Morgan fingerprint density at radius 1 is 1.33 bits per heavy atom. The highest BCUT2D eigenvalue weighted by atomic mass is 32.2. The number of rotatable bonds is 4. The van der Waals surface area contributed by atoms with Crippen LogP contribution in [0.15, 0.2) is 0 Å². The molecule has 0 aliphatic carbocycles. The molecule has 104 valence electrons. The molecule has 1 heterocycles. The van der Waals surface area contributed by atoms with E-state index in [1.165, 1.54) is 0 Å². The van der Waals surface area contributed by atoms with Crippen LogP contribution < -0.4 is 5.32 Å². The van der Waals surface area contributed by atoms with Crippen molar-refractivity contribution in [3.63, 3.8) is 0 Å². The normalized spacial score (nSPS) is 25.3. The molecule has 4 nitrogen and oxygen atoms in total. The number of nitrogens with zero attached hydrogens (tertiary/aromatic N) is 1. The summed E-state index contributed by atoms with van der Waals surface area (Å²) in [6.07, 6.45) is 2.98. The van der Waals surface area contributed by atoms with Crippen molar-refractivity contribution in [2.45, 2.75) is 46.2 Å². The molecule has 0 aromatic rings. The molecule has 2 unspecified atom stereocenters. The maximum atomic E-state index is 12.2. The lowest BCUT2D eigenvalue weighted by atomic mass is 9.83. The highest BCUT2D eigenvalue weighted by Gasteiger charge is 2.44. The van der Waals surface area contributed by atoms with Crippen molar-refractivity contribution in [3.8, 4) is 0 Å². The van der Waals surface area contributed by atoms with Gasteiger partial charge < -0.3 is 10.2 Å². The molecule has 1 aliphatic rings. The van der Waals surface area contributed by atoms with Gasteiger partial charge in [-0.05, 0) is 30.8 Å². The number of carbonyl (C=O) groups is 2. The van der Waals surface area contributed by atoms with Crippen molar-refractivity contribution in [1.82, 2.24) is 10.2 Å². The predicted molar refractivity (Wildman–Crippen MR) is 75.6 cm³/mol. The molecule has 2 atom stereocenters. The van der Waals surface area contributed by atoms with E-state index in [0.717, 1.165) is 12.2 Å². The van der Waals surface area contributed by atoms with Crippen molar-refractivity contribution in [2.75, 3.05) is 18.6 Å². The van der Waals surface area contributed by atoms with Crippen molar-refractivity contribution < 1.29 is 9.59 Å². The van der Waals surface area contributed by atoms with Crippen LogP contribution in [0.5, 0.6) is 0 Å². The smallest absolute Gasteiger partial charge is 0.245 e. The Hall–Kier alpha value is -0.710. The van der Waals surface area contributed by atoms with Crippen LogP contribution in [0.4, 0.5) is 0 Å². The number of piperazine rings is 1. The van der Waals surface area contributed by atoms with Gasteiger partial charge in [-0.2, -0.15) is 11.8 Å². The molecule has 5 heteroatoms. The summed E-state index contributed by atoms with van der Waals surface area (Å²) in [7, 11) is 0. The van der Waals surface area contributed by atoms with Crippen molar-refractivity contribution >= 4 is 23.6 Å². The minimum Gasteiger partial charge on any atom is -0.343 e. The average molecular weight is 272 g/mol. The minimum atomic E-state index is -0.398. The van der Waals surface area contributed by atoms with Crippen LogP contribution in [0.2, 0.25) is 0 Å². The van der Waals surface area contributed by atoms with Gasteiger partial charge in [0.25, 0.3) is 0 Å². The molecule has 0 saturated carbocycles. The van der Waals surface area contributed by atoms with Crippen LogP contribution in [0, 0.1) is 5.41 Å². The molecule has 1 fully saturated rings. The maximum Gasteiger partial charge on any atom is 0.245 e. The lowest BCUT2D eigenvalue weighted by Gasteiger charge is -2.44. The van der Waals surface area contributed by atoms with E-state index in [0.29, 0.717) is 6.54 Å². The number of hydrogen-bond donors (Lipinski definition) is 1. The van der Waals surface area contributed by atoms with Crippen LogP contribution in [0.3, 0.4) is 0 Å². The van der Waals surface area contributed by atoms with Gasteiger partial charge in [-0.1, -0.05) is 20.8 Å². The largest absolute Gasteiger partial charge is 0.343 e. The summed E-state index contributed by atoms with van der Waals surface area (Å²) in [5, 5.41) is 2.77. The first-order valence-corrected chi connectivity index (χ1v) is 7.78. The maximum absolute atomic E-state index is 12.2. The lowest BCUT2D eigenvalue weighted by molar-refractivity contribution is -0.153. The van der Waals surface area contributed by atoms with Gasteiger partial charge in [-0.25, -0.2) is 0 Å². The number of amides is 2. The Morgan fingerprint density at radius 2 is 1.94 bits per heavy atom. The Bertz CT molecular complexity index is 325. The Labute approximate surface area is 114 Å². The summed E-state index contributed by atoms with van der Waals surface area (Å²) in [5.41, 5.74) is -0.237. The molecule has 0 spiro atoms. The summed E-state index contributed by atoms with van der Waals surface area (Å²) in [6.45, 7) is 8.42. The minimum absolute atomic E-state index is 0.0289. The first-order chi connectivity index (χ1) is 8.29. The molecular weight excluding hydrogens is 248 g/mol. The van der Waals surface area contributed by atoms with Crippen LogP contribution >= 0.6 is 11.8 Å². The van der Waals surface area contributed by atoms with Gasteiger partial charge in [0.2, 0.25) is 11.8 Å². The second kappa shape index (κ2) is 5.95. The summed E-state index contributed by atoms with van der Waals surface area (Å²) in [5.74, 6) is 1.02. The van der Waals surface area contributed by atoms with Gasteiger partial charge in [-0.15, -0.1) is 0 Å². The van der Waals surface area contributed by atoms with Gasteiger partial charge >= 0.3 is 0 Å². The SMILES string of the molecule is CSCCCN1C(=O)C(C)NC(=O)C1C(C)(C)C. The van der Waals surface area contributed by atoms with E-state index in [2.05, 4.69) is 11.6 Å². The third kappa shape index (κ3) is 3.40. The summed E-state index contributed by atoms with van der Waals surface area (Å²) < 4.78 is 0. The second-order valence-corrected chi connectivity index (χ2v) is 6.86. The van der Waals surface area contributed by atoms with Crippen molar-refractivity contribution in [2.24, 2.45) is 5.41 Å². The number of carbonyl (C=O) groups excluding carboxylic acids is 2. The molecule has 0 aromatic carbocycles. The third-order valence-electron chi connectivity index (χ3n) is 3.14. The second-order valence-electron chi connectivity index (χ2n) is 5.88. The standard InChI is InChI=1S/C13H24N2O2S/c1-9-12(17)15(7-6-8-18-5)10(11(16)14-9)13(2,3)4/h9-10H,6-8H2,1-5H3,(H,14,16). The van der Waals surface area contributed by atoms with Gasteiger partial charge in [-0.3, -0.25) is 9.59 Å². The summed E-state index contributed by atoms with van der Waals surface area (Å²) in [4.78, 5) is 26.1. The number of nitrogens with one attached hydrogen (secondary N) is 1. The summed E-state index contributed by atoms with van der Waals surface area (Å²) >= 11 is 1.76. The van der Waals surface area contributed by atoms with Crippen molar-refractivity contribution in [3.05, 3.63) is 0 Å². The first kappa shape index (κ1) is 15.3. The molecule has 18 heavy (non-hydrogen) atoms. The first-order valence-electron chi connectivity index (χ1n) is 6.39. The van der Waals surface area contributed by atoms with Gasteiger partial charge in [0.1, 0.15) is 12.1 Å². The van der Waals surface area contributed by atoms with E-state index in [1.54, 1.807) is 23.6 Å². The Balaban J connectivity index is 2.87. The van der Waals surface area contributed by atoms with E-state index < -0.39 is 6.04 Å². The molecule has 1 aliphatic heterocycles. The van der Waals surface area contributed by atoms with Gasteiger partial charge in [0.15, 0.2) is 0 Å². The van der Waals surface area contributed by atoms with E-state index >= 15 is 0 Å². The zero-order valence-electron chi connectivity index (χ0n) is 11.9. The highest BCUT2D eigenvalue weighted by Crippen LogP contribution is 2.28.